The number of rotatable bonds is 6. The van der Waals surface area contributed by atoms with Crippen molar-refractivity contribution in [2.45, 2.75) is 18.4 Å². The molecule has 0 aliphatic heterocycles. The van der Waals surface area contributed by atoms with Crippen molar-refractivity contribution in [2.75, 3.05) is 14.2 Å². The van der Waals surface area contributed by atoms with Gasteiger partial charge in [0.15, 0.2) is 0 Å². The average Bonchev–Trinajstić information content (AvgIpc) is 3.17. The van der Waals surface area contributed by atoms with E-state index in [2.05, 4.69) is 5.32 Å². The van der Waals surface area contributed by atoms with E-state index < -0.39 is 17.7 Å². The molecule has 0 heterocycles. The van der Waals surface area contributed by atoms with Crippen molar-refractivity contribution in [3.8, 4) is 5.75 Å². The third-order valence-electron chi connectivity index (χ3n) is 4.97. The van der Waals surface area contributed by atoms with Crippen molar-refractivity contribution in [1.29, 1.82) is 0 Å². The van der Waals surface area contributed by atoms with Gasteiger partial charge in [-0.15, -0.1) is 0 Å². The summed E-state index contributed by atoms with van der Waals surface area (Å²) in [5.41, 5.74) is 0.921. The molecule has 3 rings (SSSR count). The predicted molar refractivity (Wildman–Crippen MR) is 108 cm³/mol. The number of allylic oxidation sites excluding steroid dienone is 1. The third kappa shape index (κ3) is 4.59. The molecule has 152 valence electrons. The van der Waals surface area contributed by atoms with Crippen LogP contribution in [0.25, 0.3) is 0 Å². The zero-order chi connectivity index (χ0) is 21.0. The summed E-state index contributed by atoms with van der Waals surface area (Å²) in [5.74, 6) is -1.69. The van der Waals surface area contributed by atoms with Gasteiger partial charge in [-0.3, -0.25) is 9.59 Å². The van der Waals surface area contributed by atoms with Crippen LogP contribution in [0.5, 0.6) is 5.75 Å². The van der Waals surface area contributed by atoms with Gasteiger partial charge in [0.1, 0.15) is 11.6 Å². The summed E-state index contributed by atoms with van der Waals surface area (Å²) < 4.78 is 23.6. The summed E-state index contributed by atoms with van der Waals surface area (Å²) in [6, 6.07) is 10.6. The lowest BCUT2D eigenvalue weighted by Gasteiger charge is -2.23. The number of benzene rings is 2. The number of halogens is 2. The largest absolute Gasteiger partial charge is 0.496 e. The number of nitrogens with one attached hydrogen (secondary N) is 1. The second kappa shape index (κ2) is 9.09. The molecule has 0 saturated heterocycles. The number of ether oxygens (including phenoxy) is 2. The van der Waals surface area contributed by atoms with E-state index in [1.165, 1.54) is 32.4 Å². The minimum absolute atomic E-state index is 0.162. The average molecular weight is 418 g/mol. The molecule has 1 aliphatic carbocycles. The third-order valence-corrected chi connectivity index (χ3v) is 5.29. The monoisotopic (exact) mass is 417 g/mol. The molecule has 2 aromatic rings. The lowest BCUT2D eigenvalue weighted by Crippen LogP contribution is -2.34. The Bertz CT molecular complexity index is 946. The van der Waals surface area contributed by atoms with Crippen molar-refractivity contribution in [3.63, 3.8) is 0 Å². The Morgan fingerprint density at radius 1 is 1.17 bits per heavy atom. The Balaban J connectivity index is 1.76. The van der Waals surface area contributed by atoms with Crippen LogP contribution in [-0.4, -0.2) is 32.1 Å². The molecule has 1 amide bonds. The molecular formula is C22H21ClFNO4. The van der Waals surface area contributed by atoms with Gasteiger partial charge < -0.3 is 14.8 Å². The van der Waals surface area contributed by atoms with Crippen LogP contribution in [0, 0.1) is 11.7 Å². The highest BCUT2D eigenvalue weighted by Gasteiger charge is 2.35. The first-order valence-corrected chi connectivity index (χ1v) is 9.47. The van der Waals surface area contributed by atoms with Crippen LogP contribution >= 0.6 is 11.6 Å². The molecular weight excluding hydrogens is 397 g/mol. The van der Waals surface area contributed by atoms with Crippen LogP contribution in [0.2, 0.25) is 5.02 Å². The zero-order valence-electron chi connectivity index (χ0n) is 16.0. The van der Waals surface area contributed by atoms with Crippen LogP contribution in [0.4, 0.5) is 4.39 Å². The quantitative estimate of drug-likeness (QED) is 0.567. The first-order chi connectivity index (χ1) is 13.9. The van der Waals surface area contributed by atoms with Crippen molar-refractivity contribution in [2.24, 2.45) is 5.92 Å². The molecule has 5 nitrogen and oxygen atoms in total. The SMILES string of the molecule is COC(=O)[C@H](c1ccc(F)cc1Cl)[C@@H]1C=C[C@H](NC(=O)c2ccccc2OC)C1. The number of carbonyl (C=O) groups is 2. The van der Waals surface area contributed by atoms with Crippen molar-refractivity contribution in [3.05, 3.63) is 76.6 Å². The first-order valence-electron chi connectivity index (χ1n) is 9.09. The number of amides is 1. The fraction of sp³-hybridized carbons (Fsp3) is 0.273. The van der Waals surface area contributed by atoms with E-state index >= 15 is 0 Å². The maximum Gasteiger partial charge on any atom is 0.313 e. The van der Waals surface area contributed by atoms with Crippen LogP contribution in [0.3, 0.4) is 0 Å². The molecule has 0 spiro atoms. The normalized spacial score (nSPS) is 18.9. The van der Waals surface area contributed by atoms with Crippen LogP contribution in [-0.2, 0) is 9.53 Å². The highest BCUT2D eigenvalue weighted by molar-refractivity contribution is 6.31. The number of carbonyl (C=O) groups excluding carboxylic acids is 2. The maximum atomic E-state index is 13.4. The molecule has 7 heteroatoms. The van der Waals surface area contributed by atoms with Crippen LogP contribution < -0.4 is 10.1 Å². The van der Waals surface area contributed by atoms with E-state index in [9.17, 15) is 14.0 Å². The summed E-state index contributed by atoms with van der Waals surface area (Å²) in [6.07, 6.45) is 4.17. The number of para-hydroxylation sites is 1. The highest BCUT2D eigenvalue weighted by Crippen LogP contribution is 2.37. The lowest BCUT2D eigenvalue weighted by molar-refractivity contribution is -0.143. The zero-order valence-corrected chi connectivity index (χ0v) is 16.8. The molecule has 29 heavy (non-hydrogen) atoms. The van der Waals surface area contributed by atoms with Gasteiger partial charge in [0.25, 0.3) is 5.91 Å². The van der Waals surface area contributed by atoms with Gasteiger partial charge in [0.2, 0.25) is 0 Å². The highest BCUT2D eigenvalue weighted by atomic mass is 35.5. The smallest absolute Gasteiger partial charge is 0.313 e. The van der Waals surface area contributed by atoms with Crippen LogP contribution in [0.1, 0.15) is 28.3 Å². The Morgan fingerprint density at radius 2 is 1.93 bits per heavy atom. The van der Waals surface area contributed by atoms with Crippen LogP contribution in [0.15, 0.2) is 54.6 Å². The Kier molecular flexibility index (Phi) is 6.54. The molecule has 0 unspecified atom stereocenters. The number of hydrogen-bond donors (Lipinski definition) is 1. The van der Waals surface area contributed by atoms with E-state index in [-0.39, 0.29) is 22.9 Å². The van der Waals surface area contributed by atoms with Gasteiger partial charge in [-0.2, -0.15) is 0 Å². The summed E-state index contributed by atoms with van der Waals surface area (Å²) in [7, 11) is 2.80. The molecule has 0 fully saturated rings. The van der Waals surface area contributed by atoms with Crippen molar-refractivity contribution in [1.82, 2.24) is 5.32 Å². The summed E-state index contributed by atoms with van der Waals surface area (Å²) in [6.45, 7) is 0. The van der Waals surface area contributed by atoms with E-state index in [4.69, 9.17) is 21.1 Å². The second-order valence-electron chi connectivity index (χ2n) is 6.73. The minimum Gasteiger partial charge on any atom is -0.496 e. The standard InChI is InChI=1S/C22H21ClFNO4/c1-28-19-6-4-3-5-17(19)21(26)25-15-9-7-13(11-15)20(22(27)29-2)16-10-8-14(24)12-18(16)23/h3-10,12-13,15,20H,11H2,1-2H3,(H,25,26)/t13-,15+,20+/m1/s1. The van der Waals surface area contributed by atoms with Gasteiger partial charge in [0.05, 0.1) is 25.7 Å². The van der Waals surface area contributed by atoms with E-state index in [1.807, 2.05) is 12.2 Å². The molecule has 0 aromatic heterocycles. The Morgan fingerprint density at radius 3 is 2.62 bits per heavy atom. The molecule has 3 atom stereocenters. The fourth-order valence-corrected chi connectivity index (χ4v) is 3.86. The number of methoxy groups -OCH3 is 2. The Labute approximate surface area is 173 Å². The molecule has 2 aromatic carbocycles. The van der Waals surface area contributed by atoms with Gasteiger partial charge in [-0.25, -0.2) is 4.39 Å². The molecule has 0 saturated carbocycles. The first kappa shape index (κ1) is 20.9. The number of hydrogen-bond acceptors (Lipinski definition) is 4. The van der Waals surface area contributed by atoms with E-state index in [1.54, 1.807) is 24.3 Å². The van der Waals surface area contributed by atoms with E-state index in [0.29, 0.717) is 23.3 Å². The topological polar surface area (TPSA) is 64.6 Å². The van der Waals surface area contributed by atoms with Gasteiger partial charge >= 0.3 is 5.97 Å². The molecule has 0 bridgehead atoms. The summed E-state index contributed by atoms with van der Waals surface area (Å²) in [5, 5.41) is 3.10. The molecule has 0 radical (unpaired) electrons. The maximum absolute atomic E-state index is 13.4. The molecule has 1 N–H and O–H groups in total. The van der Waals surface area contributed by atoms with Crippen molar-refractivity contribution >= 4 is 23.5 Å². The van der Waals surface area contributed by atoms with E-state index in [0.717, 1.165) is 0 Å². The molecule has 1 aliphatic rings. The second-order valence-corrected chi connectivity index (χ2v) is 7.14. The lowest BCUT2D eigenvalue weighted by atomic mass is 9.85. The van der Waals surface area contributed by atoms with Gasteiger partial charge in [0, 0.05) is 11.1 Å². The summed E-state index contributed by atoms with van der Waals surface area (Å²) in [4.78, 5) is 25.1. The Hall–Kier alpha value is -2.86. The number of esters is 1. The van der Waals surface area contributed by atoms with Gasteiger partial charge in [-0.1, -0.05) is 42.0 Å². The minimum atomic E-state index is -0.697. The fourth-order valence-electron chi connectivity index (χ4n) is 3.57. The summed E-state index contributed by atoms with van der Waals surface area (Å²) >= 11 is 6.18. The predicted octanol–water partition coefficient (Wildman–Crippen LogP) is 4.12. The van der Waals surface area contributed by atoms with Crippen molar-refractivity contribution < 1.29 is 23.5 Å². The van der Waals surface area contributed by atoms with Gasteiger partial charge in [-0.05, 0) is 42.2 Å².